The van der Waals surface area contributed by atoms with E-state index in [0.29, 0.717) is 0 Å². The van der Waals surface area contributed by atoms with Crippen molar-refractivity contribution in [2.75, 3.05) is 0 Å². The van der Waals surface area contributed by atoms with E-state index in [1.165, 1.54) is 35.2 Å². The van der Waals surface area contributed by atoms with Gasteiger partial charge in [-0.25, -0.2) is 14.3 Å². The molecule has 0 aliphatic heterocycles. The van der Waals surface area contributed by atoms with E-state index in [2.05, 4.69) is 4.98 Å². The normalized spacial score (nSPS) is 10.2. The lowest BCUT2D eigenvalue weighted by atomic mass is 10.3. The van der Waals surface area contributed by atoms with Gasteiger partial charge in [-0.05, 0) is 18.6 Å². The van der Waals surface area contributed by atoms with Gasteiger partial charge < -0.3 is 4.74 Å². The summed E-state index contributed by atoms with van der Waals surface area (Å²) in [7, 11) is 0. The molecule has 2 aromatic rings. The van der Waals surface area contributed by atoms with E-state index >= 15 is 0 Å². The van der Waals surface area contributed by atoms with Crippen molar-refractivity contribution >= 4 is 11.8 Å². The molecule has 7 nitrogen and oxygen atoms in total. The second kappa shape index (κ2) is 5.30. The van der Waals surface area contributed by atoms with Crippen molar-refractivity contribution in [1.82, 2.24) is 9.55 Å². The van der Waals surface area contributed by atoms with Crippen LogP contribution in [0.15, 0.2) is 36.8 Å². The van der Waals surface area contributed by atoms with Crippen molar-refractivity contribution in [2.24, 2.45) is 0 Å². The number of benzene rings is 1. The smallest absolute Gasteiger partial charge is 0.410 e. The predicted molar refractivity (Wildman–Crippen MR) is 66.1 cm³/mol. The minimum absolute atomic E-state index is 0.0595. The largest absolute Gasteiger partial charge is 0.424 e. The van der Waals surface area contributed by atoms with E-state index < -0.39 is 11.0 Å². The molecule has 0 unspecified atom stereocenters. The molecule has 19 heavy (non-hydrogen) atoms. The molecular formula is C12H11N3O4. The molecular weight excluding hydrogens is 250 g/mol. The van der Waals surface area contributed by atoms with Gasteiger partial charge in [0.15, 0.2) is 0 Å². The summed E-state index contributed by atoms with van der Waals surface area (Å²) in [4.78, 5) is 25.7. The van der Waals surface area contributed by atoms with Crippen LogP contribution in [0.5, 0.6) is 5.75 Å². The topological polar surface area (TPSA) is 87.3 Å². The summed E-state index contributed by atoms with van der Waals surface area (Å²) >= 11 is 0. The Bertz CT molecular complexity index is 604. The Labute approximate surface area is 108 Å². The quantitative estimate of drug-likeness (QED) is 0.625. The number of ether oxygens (including phenoxy) is 1. The zero-order valence-electron chi connectivity index (χ0n) is 10.1. The summed E-state index contributed by atoms with van der Waals surface area (Å²) in [6, 6.07) is 5.28. The highest BCUT2D eigenvalue weighted by Crippen LogP contribution is 2.17. The molecule has 0 spiro atoms. The monoisotopic (exact) mass is 261 g/mol. The second-order valence-corrected chi connectivity index (χ2v) is 3.74. The number of nitro benzene ring substituents is 1. The number of non-ortho nitro benzene ring substituents is 1. The number of carbonyl (C=O) groups excluding carboxylic acids is 1. The van der Waals surface area contributed by atoms with E-state index in [9.17, 15) is 14.9 Å². The predicted octanol–water partition coefficient (Wildman–Crippen LogP) is 2.40. The number of nitro groups is 1. The Morgan fingerprint density at radius 1 is 1.42 bits per heavy atom. The molecule has 0 radical (unpaired) electrons. The zero-order chi connectivity index (χ0) is 13.8. The molecule has 2 rings (SSSR count). The lowest BCUT2D eigenvalue weighted by Crippen LogP contribution is -2.14. The van der Waals surface area contributed by atoms with Crippen LogP contribution in [0.4, 0.5) is 10.5 Å². The summed E-state index contributed by atoms with van der Waals surface area (Å²) in [6.07, 6.45) is 3.05. The molecule has 0 amide bonds. The molecule has 0 aliphatic rings. The lowest BCUT2D eigenvalue weighted by molar-refractivity contribution is -0.384. The third-order valence-electron chi connectivity index (χ3n) is 2.46. The molecule has 0 fully saturated rings. The van der Waals surface area contributed by atoms with Crippen molar-refractivity contribution in [3.8, 4) is 5.75 Å². The van der Waals surface area contributed by atoms with Gasteiger partial charge in [-0.3, -0.25) is 10.1 Å². The first-order valence-electron chi connectivity index (χ1n) is 5.59. The van der Waals surface area contributed by atoms with E-state index in [4.69, 9.17) is 4.74 Å². The van der Waals surface area contributed by atoms with Gasteiger partial charge in [0.1, 0.15) is 12.1 Å². The number of aromatic nitrogens is 2. The van der Waals surface area contributed by atoms with E-state index in [0.717, 1.165) is 12.1 Å². The highest BCUT2D eigenvalue weighted by molar-refractivity contribution is 5.73. The highest BCUT2D eigenvalue weighted by atomic mass is 16.6. The van der Waals surface area contributed by atoms with Crippen LogP contribution < -0.4 is 4.74 Å². The minimum Gasteiger partial charge on any atom is -0.410 e. The fourth-order valence-electron chi connectivity index (χ4n) is 1.44. The van der Waals surface area contributed by atoms with Crippen LogP contribution in [0.1, 0.15) is 12.6 Å². The highest BCUT2D eigenvalue weighted by Gasteiger charge is 2.10. The van der Waals surface area contributed by atoms with Gasteiger partial charge in [-0.15, -0.1) is 0 Å². The van der Waals surface area contributed by atoms with Gasteiger partial charge >= 0.3 is 6.09 Å². The maximum atomic E-state index is 11.7. The molecule has 1 aromatic heterocycles. The Kier molecular flexibility index (Phi) is 3.56. The van der Waals surface area contributed by atoms with Crippen LogP contribution in [0.2, 0.25) is 0 Å². The summed E-state index contributed by atoms with van der Waals surface area (Å²) < 4.78 is 6.28. The summed E-state index contributed by atoms with van der Waals surface area (Å²) in [6.45, 7) is 1.92. The molecule has 0 saturated heterocycles. The second-order valence-electron chi connectivity index (χ2n) is 3.74. The fraction of sp³-hybridized carbons (Fsp3) is 0.167. The number of aryl methyl sites for hydroxylation is 1. The molecule has 0 aliphatic carbocycles. The summed E-state index contributed by atoms with van der Waals surface area (Å²) in [5, 5.41) is 10.5. The first kappa shape index (κ1) is 12.7. The standard InChI is InChI=1S/C12H11N3O4/c1-2-9-7-14(8-13-9)12(16)19-11-5-3-10(4-6-11)15(17)18/h3-8H,2H2,1H3. The van der Waals surface area contributed by atoms with Gasteiger partial charge in [-0.2, -0.15) is 0 Å². The molecule has 7 heteroatoms. The maximum Gasteiger partial charge on any atom is 0.424 e. The number of hydrogen-bond donors (Lipinski definition) is 0. The minimum atomic E-state index is -0.610. The molecule has 0 bridgehead atoms. The SMILES string of the molecule is CCc1cn(C(=O)Oc2ccc([N+](=O)[O-])cc2)cn1. The summed E-state index contributed by atoms with van der Waals surface area (Å²) in [5.41, 5.74) is 0.719. The van der Waals surface area contributed by atoms with Crippen LogP contribution in [0.25, 0.3) is 0 Å². The van der Waals surface area contributed by atoms with Crippen molar-refractivity contribution in [3.63, 3.8) is 0 Å². The van der Waals surface area contributed by atoms with Gasteiger partial charge in [0.25, 0.3) is 5.69 Å². The van der Waals surface area contributed by atoms with Crippen LogP contribution in [-0.2, 0) is 6.42 Å². The van der Waals surface area contributed by atoms with Crippen LogP contribution >= 0.6 is 0 Å². The van der Waals surface area contributed by atoms with Crippen molar-refractivity contribution in [1.29, 1.82) is 0 Å². The van der Waals surface area contributed by atoms with Crippen molar-refractivity contribution in [3.05, 3.63) is 52.6 Å². The van der Waals surface area contributed by atoms with Gasteiger partial charge in [-0.1, -0.05) is 6.92 Å². The third kappa shape index (κ3) is 2.95. The lowest BCUT2D eigenvalue weighted by Gasteiger charge is -2.03. The van der Waals surface area contributed by atoms with E-state index in [1.807, 2.05) is 6.92 Å². The number of hydrogen-bond acceptors (Lipinski definition) is 5. The molecule has 1 heterocycles. The van der Waals surface area contributed by atoms with Gasteiger partial charge in [0.05, 0.1) is 10.6 Å². The fourth-order valence-corrected chi connectivity index (χ4v) is 1.44. The molecule has 1 aromatic carbocycles. The number of rotatable bonds is 3. The Balaban J connectivity index is 2.08. The van der Waals surface area contributed by atoms with Crippen LogP contribution in [-0.4, -0.2) is 20.6 Å². The van der Waals surface area contributed by atoms with Crippen LogP contribution in [0.3, 0.4) is 0 Å². The molecule has 0 saturated carbocycles. The van der Waals surface area contributed by atoms with Crippen molar-refractivity contribution < 1.29 is 14.5 Å². The van der Waals surface area contributed by atoms with E-state index in [-0.39, 0.29) is 11.4 Å². The Morgan fingerprint density at radius 3 is 2.63 bits per heavy atom. The van der Waals surface area contributed by atoms with Gasteiger partial charge in [0, 0.05) is 18.3 Å². The van der Waals surface area contributed by atoms with Crippen LogP contribution in [0, 0.1) is 10.1 Å². The maximum absolute atomic E-state index is 11.7. The average molecular weight is 261 g/mol. The first-order chi connectivity index (χ1) is 9.10. The Hall–Kier alpha value is -2.70. The molecule has 98 valence electrons. The van der Waals surface area contributed by atoms with E-state index in [1.54, 1.807) is 6.20 Å². The number of carbonyl (C=O) groups is 1. The number of nitrogens with zero attached hydrogens (tertiary/aromatic N) is 3. The molecule has 0 N–H and O–H groups in total. The zero-order valence-corrected chi connectivity index (χ0v) is 10.1. The van der Waals surface area contributed by atoms with Crippen molar-refractivity contribution in [2.45, 2.75) is 13.3 Å². The average Bonchev–Trinajstić information content (AvgIpc) is 2.88. The first-order valence-corrected chi connectivity index (χ1v) is 5.59. The third-order valence-corrected chi connectivity index (χ3v) is 2.46. The van der Waals surface area contributed by atoms with Gasteiger partial charge in [0.2, 0.25) is 0 Å². The number of imidazole rings is 1. The molecule has 0 atom stereocenters. The summed E-state index contributed by atoms with van der Waals surface area (Å²) in [5.74, 6) is 0.238. The Morgan fingerprint density at radius 2 is 2.11 bits per heavy atom.